The smallest absolute Gasteiger partial charge is 0.410 e. The molecular weight excluding hydrogens is 232 g/mol. The third-order valence-electron chi connectivity index (χ3n) is 2.44. The van der Waals surface area contributed by atoms with Crippen LogP contribution in [-0.4, -0.2) is 48.8 Å². The average molecular weight is 251 g/mol. The summed E-state index contributed by atoms with van der Waals surface area (Å²) in [5.41, 5.74) is -0.445. The van der Waals surface area contributed by atoms with E-state index < -0.39 is 30.1 Å². The van der Waals surface area contributed by atoms with Crippen molar-refractivity contribution in [2.24, 2.45) is 0 Å². The van der Waals surface area contributed by atoms with Gasteiger partial charge in [-0.05, 0) is 20.8 Å². The fraction of sp³-hybridized carbons (Fsp3) is 0.909. The Kier molecular flexibility index (Phi) is 3.96. The van der Waals surface area contributed by atoms with Crippen molar-refractivity contribution in [1.82, 2.24) is 4.90 Å². The first-order valence-electron chi connectivity index (χ1n) is 5.55. The topological polar surface area (TPSA) is 38.8 Å². The number of likely N-dealkylation sites (N-methyl/N-ethyl adjacent to an activating group) is 1. The monoisotopic (exact) mass is 251 g/mol. The number of rotatable bonds is 4. The normalized spacial score (nSPS) is 21.9. The van der Waals surface area contributed by atoms with Crippen molar-refractivity contribution in [3.8, 4) is 0 Å². The maximum absolute atomic E-state index is 13.7. The van der Waals surface area contributed by atoms with E-state index in [1.807, 2.05) is 0 Å². The van der Waals surface area contributed by atoms with Crippen molar-refractivity contribution in [3.05, 3.63) is 0 Å². The molecule has 1 rings (SSSR count). The number of alkyl halides is 2. The summed E-state index contributed by atoms with van der Waals surface area (Å²) in [6.07, 6.45) is -2.52. The van der Waals surface area contributed by atoms with Crippen LogP contribution in [-0.2, 0) is 9.47 Å². The summed E-state index contributed by atoms with van der Waals surface area (Å²) in [4.78, 5) is 12.1. The van der Waals surface area contributed by atoms with Gasteiger partial charge in [0.25, 0.3) is 5.92 Å². The van der Waals surface area contributed by atoms with Gasteiger partial charge in [0.2, 0.25) is 0 Å². The molecule has 1 atom stereocenters. The molecule has 1 unspecified atom stereocenters. The maximum atomic E-state index is 13.7. The number of ether oxygens (including phenoxy) is 2. The molecule has 0 spiro atoms. The SMILES string of the molecule is CN1CC(C(F)(F)CCOC(C)(C)C)OC1=O. The first-order chi connectivity index (χ1) is 7.62. The highest BCUT2D eigenvalue weighted by atomic mass is 19.3. The molecule has 0 bridgehead atoms. The van der Waals surface area contributed by atoms with E-state index in [1.54, 1.807) is 20.8 Å². The van der Waals surface area contributed by atoms with Crippen LogP contribution in [0, 0.1) is 0 Å². The van der Waals surface area contributed by atoms with Gasteiger partial charge in [-0.2, -0.15) is 0 Å². The molecule has 0 aromatic heterocycles. The fourth-order valence-corrected chi connectivity index (χ4v) is 1.45. The molecule has 0 saturated carbocycles. The summed E-state index contributed by atoms with van der Waals surface area (Å²) >= 11 is 0. The van der Waals surface area contributed by atoms with Gasteiger partial charge < -0.3 is 14.4 Å². The van der Waals surface area contributed by atoms with Crippen LogP contribution in [0.5, 0.6) is 0 Å². The standard InChI is InChI=1S/C11H19F2NO3/c1-10(2,3)16-6-5-11(12,13)8-7-14(4)9(15)17-8/h8H,5-7H2,1-4H3. The van der Waals surface area contributed by atoms with E-state index >= 15 is 0 Å². The lowest BCUT2D eigenvalue weighted by Gasteiger charge is -2.24. The molecular formula is C11H19F2NO3. The van der Waals surface area contributed by atoms with Crippen LogP contribution >= 0.6 is 0 Å². The Morgan fingerprint density at radius 1 is 1.47 bits per heavy atom. The molecule has 1 fully saturated rings. The number of carbonyl (C=O) groups excluding carboxylic acids is 1. The Morgan fingerprint density at radius 3 is 2.47 bits per heavy atom. The van der Waals surface area contributed by atoms with E-state index in [9.17, 15) is 13.6 Å². The molecule has 1 aliphatic heterocycles. The Balaban J connectivity index is 2.43. The Morgan fingerprint density at radius 2 is 2.06 bits per heavy atom. The van der Waals surface area contributed by atoms with Crippen LogP contribution in [0.2, 0.25) is 0 Å². The van der Waals surface area contributed by atoms with E-state index in [2.05, 4.69) is 4.74 Å². The predicted octanol–water partition coefficient (Wildman–Crippen LogP) is 2.28. The molecule has 1 amide bonds. The lowest BCUT2D eigenvalue weighted by Crippen LogP contribution is -2.38. The van der Waals surface area contributed by atoms with E-state index in [-0.39, 0.29) is 13.2 Å². The summed E-state index contributed by atoms with van der Waals surface area (Å²) in [5, 5.41) is 0. The van der Waals surface area contributed by atoms with Crippen molar-refractivity contribution in [2.45, 2.75) is 44.8 Å². The minimum absolute atomic E-state index is 0.0612. The lowest BCUT2D eigenvalue weighted by molar-refractivity contribution is -0.121. The maximum Gasteiger partial charge on any atom is 0.410 e. The zero-order valence-corrected chi connectivity index (χ0v) is 10.6. The summed E-state index contributed by atoms with van der Waals surface area (Å²) in [6, 6.07) is 0. The number of hydrogen-bond donors (Lipinski definition) is 0. The minimum Gasteiger partial charge on any atom is -0.438 e. The second-order valence-corrected chi connectivity index (χ2v) is 5.22. The fourth-order valence-electron chi connectivity index (χ4n) is 1.45. The van der Waals surface area contributed by atoms with Crippen LogP contribution in [0.1, 0.15) is 27.2 Å². The van der Waals surface area contributed by atoms with Crippen LogP contribution in [0.4, 0.5) is 13.6 Å². The number of nitrogens with zero attached hydrogens (tertiary/aromatic N) is 1. The first kappa shape index (κ1) is 14.2. The van der Waals surface area contributed by atoms with Gasteiger partial charge in [-0.15, -0.1) is 0 Å². The number of hydrogen-bond acceptors (Lipinski definition) is 3. The molecule has 17 heavy (non-hydrogen) atoms. The molecule has 0 N–H and O–H groups in total. The Bertz CT molecular complexity index is 289. The van der Waals surface area contributed by atoms with E-state index in [0.29, 0.717) is 0 Å². The number of halogens is 2. The quantitative estimate of drug-likeness (QED) is 0.769. The minimum atomic E-state index is -3.05. The zero-order chi connectivity index (χ0) is 13.3. The van der Waals surface area contributed by atoms with Gasteiger partial charge >= 0.3 is 6.09 Å². The number of carbonyl (C=O) groups is 1. The van der Waals surface area contributed by atoms with Crippen molar-refractivity contribution < 1.29 is 23.0 Å². The molecule has 6 heteroatoms. The third kappa shape index (κ3) is 4.11. The largest absolute Gasteiger partial charge is 0.438 e. The second kappa shape index (κ2) is 4.76. The van der Waals surface area contributed by atoms with Crippen molar-refractivity contribution in [3.63, 3.8) is 0 Å². The summed E-state index contributed by atoms with van der Waals surface area (Å²) in [5.74, 6) is -3.05. The summed E-state index contributed by atoms with van der Waals surface area (Å²) in [6.45, 7) is 5.26. The Hall–Kier alpha value is -0.910. The molecule has 1 saturated heterocycles. The number of amides is 1. The van der Waals surface area contributed by atoms with E-state index in [4.69, 9.17) is 4.74 Å². The van der Waals surface area contributed by atoms with Gasteiger partial charge in [-0.3, -0.25) is 0 Å². The zero-order valence-electron chi connectivity index (χ0n) is 10.6. The molecule has 4 nitrogen and oxygen atoms in total. The van der Waals surface area contributed by atoms with Crippen LogP contribution in [0.3, 0.4) is 0 Å². The van der Waals surface area contributed by atoms with Gasteiger partial charge in [0.05, 0.1) is 18.8 Å². The summed E-state index contributed by atoms with van der Waals surface area (Å²) < 4.78 is 37.2. The van der Waals surface area contributed by atoms with Crippen LogP contribution in [0.25, 0.3) is 0 Å². The van der Waals surface area contributed by atoms with Gasteiger partial charge in [0, 0.05) is 13.5 Å². The van der Waals surface area contributed by atoms with Crippen molar-refractivity contribution in [2.75, 3.05) is 20.2 Å². The van der Waals surface area contributed by atoms with Gasteiger partial charge in [0.1, 0.15) is 0 Å². The lowest BCUT2D eigenvalue weighted by atomic mass is 10.1. The Labute approximate surface area is 99.9 Å². The molecule has 0 aromatic rings. The highest BCUT2D eigenvalue weighted by molar-refractivity contribution is 5.69. The highest BCUT2D eigenvalue weighted by Gasteiger charge is 2.47. The molecule has 100 valence electrons. The molecule has 0 radical (unpaired) electrons. The van der Waals surface area contributed by atoms with Crippen LogP contribution in [0.15, 0.2) is 0 Å². The first-order valence-corrected chi connectivity index (χ1v) is 5.55. The van der Waals surface area contributed by atoms with Gasteiger partial charge in [-0.1, -0.05) is 0 Å². The average Bonchev–Trinajstić information content (AvgIpc) is 2.45. The van der Waals surface area contributed by atoms with Crippen molar-refractivity contribution in [1.29, 1.82) is 0 Å². The van der Waals surface area contributed by atoms with E-state index in [0.717, 1.165) is 4.90 Å². The molecule has 0 aromatic carbocycles. The predicted molar refractivity (Wildman–Crippen MR) is 58.2 cm³/mol. The second-order valence-electron chi connectivity index (χ2n) is 5.22. The van der Waals surface area contributed by atoms with Crippen molar-refractivity contribution >= 4 is 6.09 Å². The third-order valence-corrected chi connectivity index (χ3v) is 2.44. The molecule has 1 heterocycles. The number of cyclic esters (lactones) is 1. The van der Waals surface area contributed by atoms with Crippen LogP contribution < -0.4 is 0 Å². The van der Waals surface area contributed by atoms with Gasteiger partial charge in [0.15, 0.2) is 6.10 Å². The van der Waals surface area contributed by atoms with Gasteiger partial charge in [-0.25, -0.2) is 13.6 Å². The summed E-state index contributed by atoms with van der Waals surface area (Å²) in [7, 11) is 1.43. The molecule has 0 aliphatic carbocycles. The molecule has 1 aliphatic rings. The highest BCUT2D eigenvalue weighted by Crippen LogP contribution is 2.30. The van der Waals surface area contributed by atoms with E-state index in [1.165, 1.54) is 7.05 Å².